The summed E-state index contributed by atoms with van der Waals surface area (Å²) in [6.45, 7) is -2.83. The zero-order valence-corrected chi connectivity index (χ0v) is 32.1. The molecule has 0 spiro atoms. The number of benzene rings is 2. The Morgan fingerprint density at radius 1 is 0.492 bits per heavy atom. The van der Waals surface area contributed by atoms with Gasteiger partial charge in [-0.05, 0) is 30.7 Å². The second-order valence-corrected chi connectivity index (χ2v) is 13.6. The maximum absolute atomic E-state index is 13.7. The number of carboxylic acid groups (broad SMARTS) is 5. The first-order valence-corrected chi connectivity index (χ1v) is 18.4. The van der Waals surface area contributed by atoms with Gasteiger partial charge in [0.25, 0.3) is 0 Å². The molecule has 0 amide bonds. The number of phenols is 2. The molecule has 0 bridgehead atoms. The van der Waals surface area contributed by atoms with E-state index >= 15 is 0 Å². The van der Waals surface area contributed by atoms with Crippen LogP contribution in [0.5, 0.6) is 11.5 Å². The van der Waals surface area contributed by atoms with Crippen LogP contribution >= 0.6 is 0 Å². The lowest BCUT2D eigenvalue weighted by molar-refractivity contribution is -0.143. The van der Waals surface area contributed by atoms with E-state index in [0.29, 0.717) is 0 Å². The van der Waals surface area contributed by atoms with Crippen LogP contribution in [0.2, 0.25) is 0 Å². The van der Waals surface area contributed by atoms with Crippen LogP contribution in [0, 0.1) is 0 Å². The van der Waals surface area contributed by atoms with Crippen molar-refractivity contribution in [2.24, 2.45) is 5.73 Å². The number of ketones is 3. The molecule has 0 unspecified atom stereocenters. The first kappa shape index (κ1) is 47.2. The molecule has 1 aliphatic rings. The molecule has 0 saturated heterocycles. The second kappa shape index (κ2) is 22.7. The zero-order chi connectivity index (χ0) is 43.8. The Hall–Kier alpha value is -6.20. The number of aromatic hydroxyl groups is 2. The summed E-state index contributed by atoms with van der Waals surface area (Å²) in [6.07, 6.45) is 0.156. The van der Waals surface area contributed by atoms with Gasteiger partial charge in [0, 0.05) is 76.7 Å². The van der Waals surface area contributed by atoms with Crippen LogP contribution in [0.25, 0.3) is 0 Å². The molecule has 22 nitrogen and oxygen atoms in total. The molecule has 0 atom stereocenters. The predicted octanol–water partition coefficient (Wildman–Crippen LogP) is -1.36. The highest BCUT2D eigenvalue weighted by molar-refractivity contribution is 6.33. The minimum atomic E-state index is -1.28. The van der Waals surface area contributed by atoms with Crippen LogP contribution in [0.15, 0.2) is 24.3 Å². The molecule has 59 heavy (non-hydrogen) atoms. The molecule has 3 rings (SSSR count). The maximum atomic E-state index is 13.7. The molecule has 0 aromatic heterocycles. The third-order valence-corrected chi connectivity index (χ3v) is 9.07. The van der Waals surface area contributed by atoms with Crippen molar-refractivity contribution in [3.63, 3.8) is 0 Å². The molecule has 0 saturated carbocycles. The van der Waals surface area contributed by atoms with Gasteiger partial charge in [-0.2, -0.15) is 0 Å². The van der Waals surface area contributed by atoms with Crippen molar-refractivity contribution >= 4 is 58.6 Å². The van der Waals surface area contributed by atoms with E-state index in [1.165, 1.54) is 14.7 Å². The molecular weight excluding hydrogens is 782 g/mol. The molecule has 11 N–H and O–H groups in total. The summed E-state index contributed by atoms with van der Waals surface area (Å²) < 4.78 is 0. The molecule has 0 heterocycles. The summed E-state index contributed by atoms with van der Waals surface area (Å²) in [7, 11) is 0. The van der Waals surface area contributed by atoms with Gasteiger partial charge in [0.15, 0.2) is 0 Å². The van der Waals surface area contributed by atoms with Gasteiger partial charge in [-0.25, -0.2) is 0 Å². The average molecular weight is 832 g/mol. The Labute approximate surface area is 337 Å². The number of carbonyl (C=O) groups is 8. The fourth-order valence-electron chi connectivity index (χ4n) is 6.48. The number of rotatable bonds is 29. The topological polar surface area (TPSA) is 341 Å². The Bertz CT molecular complexity index is 1890. The molecule has 0 aliphatic heterocycles. The van der Waals surface area contributed by atoms with Crippen molar-refractivity contribution < 1.29 is 74.1 Å². The molecular formula is C37H49N7O15. The Morgan fingerprint density at radius 2 is 0.831 bits per heavy atom. The van der Waals surface area contributed by atoms with Crippen LogP contribution in [-0.2, 0) is 28.8 Å². The van der Waals surface area contributed by atoms with E-state index in [4.69, 9.17) is 15.9 Å². The molecule has 2 aromatic rings. The van der Waals surface area contributed by atoms with Crippen LogP contribution in [0.3, 0.4) is 0 Å². The van der Waals surface area contributed by atoms with Gasteiger partial charge >= 0.3 is 29.8 Å². The number of anilines is 2. The van der Waals surface area contributed by atoms with E-state index in [-0.39, 0.29) is 118 Å². The number of phenolic OH excluding ortho intramolecular Hbond substituents is 2. The van der Waals surface area contributed by atoms with Crippen molar-refractivity contribution in [3.05, 3.63) is 46.5 Å². The number of nitrogens with two attached hydrogens (primary N) is 1. The molecule has 2 aromatic carbocycles. The van der Waals surface area contributed by atoms with Crippen molar-refractivity contribution in [2.75, 3.05) is 109 Å². The number of nitrogens with one attached hydrogen (secondary N) is 2. The number of aliphatic carboxylic acids is 5. The monoisotopic (exact) mass is 831 g/mol. The summed E-state index contributed by atoms with van der Waals surface area (Å²) in [6, 6.07) is 5.30. The van der Waals surface area contributed by atoms with Gasteiger partial charge in [0.1, 0.15) is 17.3 Å². The summed E-state index contributed by atoms with van der Waals surface area (Å²) in [4.78, 5) is 103. The number of hydrogen-bond acceptors (Lipinski definition) is 17. The molecule has 22 heteroatoms. The van der Waals surface area contributed by atoms with E-state index in [1.54, 1.807) is 12.1 Å². The van der Waals surface area contributed by atoms with E-state index in [0.717, 1.165) is 17.0 Å². The van der Waals surface area contributed by atoms with E-state index in [2.05, 4.69) is 10.6 Å². The third kappa shape index (κ3) is 14.6. The Balaban J connectivity index is 1.64. The standard InChI is InChI=1S/C37H49N7O15/c38-7-9-40-24-4-3-23(32-33(24)37(59)35-26(47)6-5-25(46)34(35)36(32)58)39-8-1-2-22(45)16-43(19-29(52)53)14-12-41(17-27(48)49)10-11-42(18-28(50)51)13-15-44(20-30(54)55)21-31(56)57/h3-6,39-40,46-47H,1-2,7-21,38H2,(H,48,49)(H,50,51)(H,52,53)(H,54,55)(H,56,57). The van der Waals surface area contributed by atoms with Crippen molar-refractivity contribution in [1.29, 1.82) is 0 Å². The largest absolute Gasteiger partial charge is 0.507 e. The number of fused-ring (bicyclic) bond motifs is 2. The molecule has 1 aliphatic carbocycles. The van der Waals surface area contributed by atoms with E-state index in [1.807, 2.05) is 0 Å². The van der Waals surface area contributed by atoms with Gasteiger partial charge in [0.05, 0.1) is 61.5 Å². The zero-order valence-electron chi connectivity index (χ0n) is 32.1. The van der Waals surface area contributed by atoms with Crippen LogP contribution in [0.4, 0.5) is 11.4 Å². The van der Waals surface area contributed by atoms with Crippen LogP contribution in [0.1, 0.15) is 44.7 Å². The lowest BCUT2D eigenvalue weighted by atomic mass is 9.81. The van der Waals surface area contributed by atoms with Gasteiger partial charge in [0.2, 0.25) is 11.6 Å². The summed E-state index contributed by atoms with van der Waals surface area (Å²) in [5.74, 6) is -9.03. The van der Waals surface area contributed by atoms with E-state index in [9.17, 15) is 63.9 Å². The highest BCUT2D eigenvalue weighted by atomic mass is 16.4. The highest BCUT2D eigenvalue weighted by Gasteiger charge is 2.38. The Kier molecular flexibility index (Phi) is 18.1. The van der Waals surface area contributed by atoms with Gasteiger partial charge < -0.3 is 52.1 Å². The first-order chi connectivity index (χ1) is 27.9. The smallest absolute Gasteiger partial charge is 0.317 e. The Morgan fingerprint density at radius 3 is 1.20 bits per heavy atom. The van der Waals surface area contributed by atoms with Crippen LogP contribution < -0.4 is 16.4 Å². The summed E-state index contributed by atoms with van der Waals surface area (Å²) in [5, 5.41) is 73.5. The normalized spacial score (nSPS) is 12.2. The van der Waals surface area contributed by atoms with Crippen molar-refractivity contribution in [3.8, 4) is 11.5 Å². The summed E-state index contributed by atoms with van der Waals surface area (Å²) >= 11 is 0. The first-order valence-electron chi connectivity index (χ1n) is 18.4. The minimum Gasteiger partial charge on any atom is -0.507 e. The lowest BCUT2D eigenvalue weighted by Crippen LogP contribution is -2.46. The van der Waals surface area contributed by atoms with Gasteiger partial charge in [-0.3, -0.25) is 58.0 Å². The maximum Gasteiger partial charge on any atom is 0.317 e. The number of carbonyl (C=O) groups excluding carboxylic acids is 3. The number of hydrogen-bond donors (Lipinski definition) is 10. The number of carboxylic acids is 5. The quantitative estimate of drug-likeness (QED) is 0.0285. The van der Waals surface area contributed by atoms with Crippen LogP contribution in [-0.4, -0.2) is 201 Å². The average Bonchev–Trinajstić information content (AvgIpc) is 3.14. The summed E-state index contributed by atoms with van der Waals surface area (Å²) in [5.41, 5.74) is 5.34. The minimum absolute atomic E-state index is 0.0216. The number of Topliss-reactive ketones (excluding diaryl/α,β-unsaturated/α-hetero) is 1. The van der Waals surface area contributed by atoms with E-state index < -0.39 is 85.6 Å². The SMILES string of the molecule is NCCNc1ccc(NCCCC(=O)CN(CCN(CCN(CCN(CC(=O)O)CC(=O)O)CC(=O)O)CC(=O)O)CC(=O)O)c2c1C(=O)c1c(O)ccc(O)c1C2=O. The van der Waals surface area contributed by atoms with Gasteiger partial charge in [-0.15, -0.1) is 0 Å². The number of nitrogens with zero attached hydrogens (tertiary/aromatic N) is 4. The highest BCUT2D eigenvalue weighted by Crippen LogP contribution is 2.42. The lowest BCUT2D eigenvalue weighted by Gasteiger charge is -2.29. The fraction of sp³-hybridized carbons (Fsp3) is 0.459. The molecule has 0 radical (unpaired) electrons. The van der Waals surface area contributed by atoms with Crippen molar-refractivity contribution in [2.45, 2.75) is 12.8 Å². The van der Waals surface area contributed by atoms with Gasteiger partial charge in [-0.1, -0.05) is 0 Å². The van der Waals surface area contributed by atoms with Crippen molar-refractivity contribution in [1.82, 2.24) is 19.6 Å². The predicted molar refractivity (Wildman–Crippen MR) is 207 cm³/mol. The fourth-order valence-corrected chi connectivity index (χ4v) is 6.48. The second-order valence-electron chi connectivity index (χ2n) is 13.6. The molecule has 0 fully saturated rings. The molecule has 322 valence electrons. The third-order valence-electron chi connectivity index (χ3n) is 9.07.